The Morgan fingerprint density at radius 2 is 2.20 bits per heavy atom. The molecule has 2 atom stereocenters. The number of carbonyl (C=O) groups is 2. The number of amides is 2. The van der Waals surface area contributed by atoms with Crippen LogP contribution in [0.15, 0.2) is 12.4 Å². The molecule has 0 aliphatic heterocycles. The fourth-order valence-electron chi connectivity index (χ4n) is 1.92. The first kappa shape index (κ1) is 16.0. The summed E-state index contributed by atoms with van der Waals surface area (Å²) in [5.41, 5.74) is 0. The Hall–Kier alpha value is -2.05. The molecule has 0 fully saturated rings. The largest absolute Gasteiger partial charge is 0.481 e. The lowest BCUT2D eigenvalue weighted by molar-refractivity contribution is -0.141. The Labute approximate surface area is 118 Å². The van der Waals surface area contributed by atoms with Gasteiger partial charge in [0.25, 0.3) is 0 Å². The summed E-state index contributed by atoms with van der Waals surface area (Å²) in [6.45, 7) is 3.98. The highest BCUT2D eigenvalue weighted by Crippen LogP contribution is 2.11. The lowest BCUT2D eigenvalue weighted by atomic mass is 10.0. The van der Waals surface area contributed by atoms with Crippen molar-refractivity contribution in [3.05, 3.63) is 18.2 Å². The molecule has 1 rings (SSSR count). The molecule has 0 aliphatic rings. The highest BCUT2D eigenvalue weighted by molar-refractivity contribution is 5.76. The Morgan fingerprint density at radius 3 is 2.70 bits per heavy atom. The third kappa shape index (κ3) is 4.91. The molecule has 0 aliphatic carbocycles. The highest BCUT2D eigenvalue weighted by atomic mass is 16.4. The highest BCUT2D eigenvalue weighted by Gasteiger charge is 2.19. The van der Waals surface area contributed by atoms with Crippen molar-refractivity contribution in [1.82, 2.24) is 20.6 Å². The smallest absolute Gasteiger partial charge is 0.315 e. The predicted octanol–water partition coefficient (Wildman–Crippen LogP) is 1.66. The monoisotopic (exact) mass is 282 g/mol. The molecule has 0 spiro atoms. The van der Waals surface area contributed by atoms with Crippen molar-refractivity contribution in [2.75, 3.05) is 6.54 Å². The molecular formula is C13H22N4O3. The number of imidazole rings is 1. The molecule has 20 heavy (non-hydrogen) atoms. The van der Waals surface area contributed by atoms with Gasteiger partial charge in [0, 0.05) is 18.9 Å². The van der Waals surface area contributed by atoms with E-state index in [4.69, 9.17) is 5.11 Å². The SMILES string of the molecule is CCCC(CNC(=O)NC(CC)c1ncc[nH]1)C(=O)O. The summed E-state index contributed by atoms with van der Waals surface area (Å²) in [6.07, 6.45) is 5.33. The van der Waals surface area contributed by atoms with E-state index in [1.54, 1.807) is 12.4 Å². The second kappa shape index (κ2) is 8.19. The summed E-state index contributed by atoms with van der Waals surface area (Å²) in [5.74, 6) is -0.745. The van der Waals surface area contributed by atoms with Gasteiger partial charge in [0.15, 0.2) is 0 Å². The number of urea groups is 1. The first-order valence-electron chi connectivity index (χ1n) is 6.84. The van der Waals surface area contributed by atoms with E-state index in [1.165, 1.54) is 0 Å². The Morgan fingerprint density at radius 1 is 1.45 bits per heavy atom. The molecule has 1 aromatic heterocycles. The fraction of sp³-hybridized carbons (Fsp3) is 0.615. The van der Waals surface area contributed by atoms with E-state index < -0.39 is 11.9 Å². The summed E-state index contributed by atoms with van der Waals surface area (Å²) in [7, 11) is 0. The zero-order valence-corrected chi connectivity index (χ0v) is 11.8. The number of rotatable bonds is 8. The van der Waals surface area contributed by atoms with Crippen molar-refractivity contribution < 1.29 is 14.7 Å². The Balaban J connectivity index is 2.44. The van der Waals surface area contributed by atoms with Gasteiger partial charge in [0.1, 0.15) is 5.82 Å². The van der Waals surface area contributed by atoms with Crippen molar-refractivity contribution in [3.63, 3.8) is 0 Å². The summed E-state index contributed by atoms with van der Waals surface area (Å²) in [4.78, 5) is 29.8. The zero-order chi connectivity index (χ0) is 15.0. The number of nitrogens with zero attached hydrogens (tertiary/aromatic N) is 1. The number of carbonyl (C=O) groups excluding carboxylic acids is 1. The van der Waals surface area contributed by atoms with E-state index in [0.717, 1.165) is 6.42 Å². The van der Waals surface area contributed by atoms with Crippen LogP contribution in [-0.4, -0.2) is 33.6 Å². The van der Waals surface area contributed by atoms with E-state index in [1.807, 2.05) is 13.8 Å². The van der Waals surface area contributed by atoms with E-state index in [-0.39, 0.29) is 18.6 Å². The Kier molecular flexibility index (Phi) is 6.55. The van der Waals surface area contributed by atoms with Crippen LogP contribution in [0.2, 0.25) is 0 Å². The van der Waals surface area contributed by atoms with Crippen molar-refractivity contribution >= 4 is 12.0 Å². The number of aliphatic carboxylic acids is 1. The first-order chi connectivity index (χ1) is 9.58. The van der Waals surface area contributed by atoms with Crippen LogP contribution in [0.3, 0.4) is 0 Å². The van der Waals surface area contributed by atoms with E-state index >= 15 is 0 Å². The van der Waals surface area contributed by atoms with Crippen molar-refractivity contribution in [2.24, 2.45) is 5.92 Å². The molecule has 4 N–H and O–H groups in total. The maximum Gasteiger partial charge on any atom is 0.315 e. The van der Waals surface area contributed by atoms with Crippen LogP contribution in [0.5, 0.6) is 0 Å². The van der Waals surface area contributed by atoms with Gasteiger partial charge in [-0.15, -0.1) is 0 Å². The van der Waals surface area contributed by atoms with Crippen LogP contribution in [0.1, 0.15) is 45.0 Å². The first-order valence-corrected chi connectivity index (χ1v) is 6.84. The zero-order valence-electron chi connectivity index (χ0n) is 11.8. The minimum atomic E-state index is -0.884. The van der Waals surface area contributed by atoms with Crippen LogP contribution in [0.4, 0.5) is 4.79 Å². The molecule has 0 saturated heterocycles. The van der Waals surface area contributed by atoms with E-state index in [9.17, 15) is 9.59 Å². The molecular weight excluding hydrogens is 260 g/mol. The number of aromatic nitrogens is 2. The van der Waals surface area contributed by atoms with Gasteiger partial charge < -0.3 is 20.7 Å². The second-order valence-corrected chi connectivity index (χ2v) is 4.61. The van der Waals surface area contributed by atoms with Gasteiger partial charge in [-0.05, 0) is 12.8 Å². The number of nitrogens with one attached hydrogen (secondary N) is 3. The molecule has 2 unspecified atom stereocenters. The van der Waals surface area contributed by atoms with Gasteiger partial charge in [-0.1, -0.05) is 20.3 Å². The minimum absolute atomic E-state index is 0.129. The maximum atomic E-state index is 11.8. The van der Waals surface area contributed by atoms with Gasteiger partial charge >= 0.3 is 12.0 Å². The van der Waals surface area contributed by atoms with Crippen LogP contribution in [0.25, 0.3) is 0 Å². The molecule has 7 heteroatoms. The molecule has 2 amide bonds. The molecule has 1 heterocycles. The summed E-state index contributed by atoms with van der Waals surface area (Å²) in [6, 6.07) is -0.588. The average Bonchev–Trinajstić information content (AvgIpc) is 2.94. The van der Waals surface area contributed by atoms with Gasteiger partial charge in [0.2, 0.25) is 0 Å². The van der Waals surface area contributed by atoms with Crippen LogP contribution in [-0.2, 0) is 4.79 Å². The summed E-state index contributed by atoms with van der Waals surface area (Å²) in [5, 5.41) is 14.4. The van der Waals surface area contributed by atoms with Crippen LogP contribution < -0.4 is 10.6 Å². The van der Waals surface area contributed by atoms with E-state index in [0.29, 0.717) is 18.7 Å². The number of carboxylic acids is 1. The quantitative estimate of drug-likeness (QED) is 0.581. The fourth-order valence-corrected chi connectivity index (χ4v) is 1.92. The maximum absolute atomic E-state index is 11.8. The van der Waals surface area contributed by atoms with Crippen molar-refractivity contribution in [3.8, 4) is 0 Å². The lowest BCUT2D eigenvalue weighted by Crippen LogP contribution is -2.41. The standard InChI is InChI=1S/C13H22N4O3/c1-3-5-9(12(18)19)8-16-13(20)17-10(4-2)11-14-6-7-15-11/h6-7,9-10H,3-5,8H2,1-2H3,(H,14,15)(H,18,19)(H2,16,17,20). The summed E-state index contributed by atoms with van der Waals surface area (Å²) < 4.78 is 0. The molecule has 7 nitrogen and oxygen atoms in total. The molecule has 1 aromatic rings. The second-order valence-electron chi connectivity index (χ2n) is 4.61. The molecule has 0 saturated carbocycles. The average molecular weight is 282 g/mol. The van der Waals surface area contributed by atoms with Crippen LogP contribution >= 0.6 is 0 Å². The minimum Gasteiger partial charge on any atom is -0.481 e. The summed E-state index contributed by atoms with van der Waals surface area (Å²) >= 11 is 0. The van der Waals surface area contributed by atoms with Gasteiger partial charge in [-0.3, -0.25) is 4.79 Å². The normalized spacial score (nSPS) is 13.5. The number of hydrogen-bond donors (Lipinski definition) is 4. The Bertz CT molecular complexity index is 419. The van der Waals surface area contributed by atoms with Crippen LogP contribution in [0, 0.1) is 5.92 Å². The predicted molar refractivity (Wildman–Crippen MR) is 74.2 cm³/mol. The number of H-pyrrole nitrogens is 1. The molecule has 0 radical (unpaired) electrons. The van der Waals surface area contributed by atoms with Gasteiger partial charge in [-0.25, -0.2) is 9.78 Å². The molecule has 0 bridgehead atoms. The number of aromatic amines is 1. The van der Waals surface area contributed by atoms with E-state index in [2.05, 4.69) is 20.6 Å². The van der Waals surface area contributed by atoms with Crippen molar-refractivity contribution in [2.45, 2.75) is 39.2 Å². The topological polar surface area (TPSA) is 107 Å². The van der Waals surface area contributed by atoms with Gasteiger partial charge in [0.05, 0.1) is 12.0 Å². The van der Waals surface area contributed by atoms with Crippen molar-refractivity contribution in [1.29, 1.82) is 0 Å². The number of carboxylic acid groups (broad SMARTS) is 1. The lowest BCUT2D eigenvalue weighted by Gasteiger charge is -2.17. The number of hydrogen-bond acceptors (Lipinski definition) is 3. The van der Waals surface area contributed by atoms with Gasteiger partial charge in [-0.2, -0.15) is 0 Å². The third-order valence-corrected chi connectivity index (χ3v) is 3.06. The molecule has 0 aromatic carbocycles. The molecule has 112 valence electrons. The third-order valence-electron chi connectivity index (χ3n) is 3.06.